The Morgan fingerprint density at radius 3 is 2.65 bits per heavy atom. The highest BCUT2D eigenvalue weighted by Gasteiger charge is 2.18. The molecule has 0 unspecified atom stereocenters. The van der Waals surface area contributed by atoms with Gasteiger partial charge in [0, 0.05) is 37.7 Å². The molecule has 1 aromatic rings. The maximum Gasteiger partial charge on any atom is 0.134 e. The molecule has 17 heavy (non-hydrogen) atoms. The van der Waals surface area contributed by atoms with Gasteiger partial charge in [0.15, 0.2) is 0 Å². The van der Waals surface area contributed by atoms with Crippen molar-refractivity contribution in [1.29, 1.82) is 0 Å². The normalized spacial score (nSPS) is 11.4. The highest BCUT2D eigenvalue weighted by molar-refractivity contribution is 7.10. The fraction of sp³-hybridized carbons (Fsp3) is 0.818. The minimum Gasteiger partial charge on any atom is -0.395 e. The first-order valence-electron chi connectivity index (χ1n) is 6.10. The zero-order chi connectivity index (χ0) is 12.7. The number of hydrogen-bond acceptors (Lipinski definition) is 6. The van der Waals surface area contributed by atoms with Crippen LogP contribution in [0.25, 0.3) is 0 Å². The maximum atomic E-state index is 9.14. The van der Waals surface area contributed by atoms with Gasteiger partial charge in [0.25, 0.3) is 0 Å². The van der Waals surface area contributed by atoms with Crippen molar-refractivity contribution >= 4 is 16.5 Å². The predicted molar refractivity (Wildman–Crippen MR) is 71.3 cm³/mol. The van der Waals surface area contributed by atoms with Crippen molar-refractivity contribution in [2.24, 2.45) is 0 Å². The Balaban J connectivity index is 2.71. The van der Waals surface area contributed by atoms with Crippen LogP contribution >= 0.6 is 11.5 Å². The van der Waals surface area contributed by atoms with Gasteiger partial charge < -0.3 is 10.4 Å². The maximum absolute atomic E-state index is 9.14. The van der Waals surface area contributed by atoms with Gasteiger partial charge in [0.1, 0.15) is 10.7 Å². The number of nitrogens with one attached hydrogen (secondary N) is 1. The molecule has 0 amide bonds. The van der Waals surface area contributed by atoms with Crippen LogP contribution in [-0.4, -0.2) is 45.8 Å². The van der Waals surface area contributed by atoms with E-state index in [1.165, 1.54) is 11.5 Å². The van der Waals surface area contributed by atoms with E-state index in [2.05, 4.69) is 33.7 Å². The van der Waals surface area contributed by atoms with Gasteiger partial charge in [-0.05, 0) is 12.8 Å². The van der Waals surface area contributed by atoms with Crippen LogP contribution in [0.4, 0.5) is 5.00 Å². The van der Waals surface area contributed by atoms with Gasteiger partial charge in [0.2, 0.25) is 0 Å². The second-order valence-electron chi connectivity index (χ2n) is 3.96. The molecule has 1 heterocycles. The molecule has 0 saturated carbocycles. The summed E-state index contributed by atoms with van der Waals surface area (Å²) >= 11 is 1.38. The molecule has 6 heteroatoms. The van der Waals surface area contributed by atoms with Crippen molar-refractivity contribution in [2.75, 3.05) is 25.5 Å². The average Bonchev–Trinajstić information content (AvgIpc) is 2.78. The topological polar surface area (TPSA) is 61.3 Å². The lowest BCUT2D eigenvalue weighted by Crippen LogP contribution is -2.36. The van der Waals surface area contributed by atoms with Gasteiger partial charge >= 0.3 is 0 Å². The van der Waals surface area contributed by atoms with E-state index < -0.39 is 0 Å². The van der Waals surface area contributed by atoms with Gasteiger partial charge in [-0.15, -0.1) is 5.10 Å². The first-order valence-corrected chi connectivity index (χ1v) is 6.87. The molecular formula is C11H22N4OS. The second-order valence-corrected chi connectivity index (χ2v) is 4.72. The number of nitrogens with zero attached hydrogens (tertiary/aromatic N) is 3. The molecule has 0 saturated heterocycles. The highest BCUT2D eigenvalue weighted by Crippen LogP contribution is 2.20. The van der Waals surface area contributed by atoms with E-state index in [1.54, 1.807) is 0 Å². The van der Waals surface area contributed by atoms with E-state index in [9.17, 15) is 0 Å². The minimum absolute atomic E-state index is 0.183. The standard InChI is InChI=1S/C11H22N4OS/c1-4-9(5-2)15(6-7-16)8-10-11(12-3)17-14-13-10/h9,12,16H,4-8H2,1-3H3. The van der Waals surface area contributed by atoms with Crippen molar-refractivity contribution in [3.8, 4) is 0 Å². The molecule has 5 nitrogen and oxygen atoms in total. The summed E-state index contributed by atoms with van der Waals surface area (Å²) in [5.74, 6) is 0. The van der Waals surface area contributed by atoms with Crippen LogP contribution in [0.15, 0.2) is 0 Å². The Morgan fingerprint density at radius 2 is 2.12 bits per heavy atom. The quantitative estimate of drug-likeness (QED) is 0.741. The molecule has 0 aliphatic rings. The largest absolute Gasteiger partial charge is 0.395 e. The van der Waals surface area contributed by atoms with Gasteiger partial charge in [-0.2, -0.15) is 0 Å². The lowest BCUT2D eigenvalue weighted by atomic mass is 10.1. The van der Waals surface area contributed by atoms with Crippen LogP contribution in [0.5, 0.6) is 0 Å². The fourth-order valence-electron chi connectivity index (χ4n) is 2.02. The number of aromatic nitrogens is 2. The van der Waals surface area contributed by atoms with Gasteiger partial charge in [0.05, 0.1) is 6.61 Å². The molecule has 98 valence electrons. The van der Waals surface area contributed by atoms with Crippen LogP contribution in [0.2, 0.25) is 0 Å². The number of aliphatic hydroxyl groups is 1. The molecule has 0 atom stereocenters. The third-order valence-corrected chi connectivity index (χ3v) is 3.77. The summed E-state index contributed by atoms with van der Waals surface area (Å²) in [4.78, 5) is 2.28. The zero-order valence-corrected chi connectivity index (χ0v) is 11.6. The van der Waals surface area contributed by atoms with E-state index in [4.69, 9.17) is 5.11 Å². The summed E-state index contributed by atoms with van der Waals surface area (Å²) in [7, 11) is 1.88. The highest BCUT2D eigenvalue weighted by atomic mass is 32.1. The summed E-state index contributed by atoms with van der Waals surface area (Å²) in [5.41, 5.74) is 0.970. The van der Waals surface area contributed by atoms with Crippen LogP contribution in [-0.2, 0) is 6.54 Å². The molecule has 2 N–H and O–H groups in total. The summed E-state index contributed by atoms with van der Waals surface area (Å²) in [6, 6.07) is 0.494. The summed E-state index contributed by atoms with van der Waals surface area (Å²) < 4.78 is 3.96. The fourth-order valence-corrected chi connectivity index (χ4v) is 2.54. The Hall–Kier alpha value is -0.720. The first kappa shape index (κ1) is 14.3. The Labute approximate surface area is 107 Å². The SMILES string of the molecule is CCC(CC)N(CCO)Cc1nnsc1NC. The third-order valence-electron chi connectivity index (χ3n) is 2.98. The van der Waals surface area contributed by atoms with Crippen LogP contribution in [0, 0.1) is 0 Å². The summed E-state index contributed by atoms with van der Waals surface area (Å²) in [6.45, 7) is 5.98. The number of hydrogen-bond donors (Lipinski definition) is 2. The summed E-state index contributed by atoms with van der Waals surface area (Å²) in [5, 5.41) is 17.4. The molecule has 1 aromatic heterocycles. The van der Waals surface area contributed by atoms with Crippen molar-refractivity contribution in [3.05, 3.63) is 5.69 Å². The van der Waals surface area contributed by atoms with Gasteiger partial charge in [-0.25, -0.2) is 0 Å². The number of aliphatic hydroxyl groups excluding tert-OH is 1. The van der Waals surface area contributed by atoms with Crippen molar-refractivity contribution in [2.45, 2.75) is 39.3 Å². The van der Waals surface area contributed by atoms with E-state index >= 15 is 0 Å². The van der Waals surface area contributed by atoms with Gasteiger partial charge in [-0.1, -0.05) is 18.3 Å². The van der Waals surface area contributed by atoms with Crippen LogP contribution in [0.1, 0.15) is 32.4 Å². The molecule has 0 bridgehead atoms. The average molecular weight is 258 g/mol. The van der Waals surface area contributed by atoms with E-state index in [0.717, 1.165) is 30.1 Å². The Kier molecular flexibility index (Phi) is 6.39. The van der Waals surface area contributed by atoms with E-state index in [-0.39, 0.29) is 6.61 Å². The van der Waals surface area contributed by atoms with Crippen molar-refractivity contribution in [1.82, 2.24) is 14.5 Å². The van der Waals surface area contributed by atoms with Crippen molar-refractivity contribution < 1.29 is 5.11 Å². The number of anilines is 1. The molecule has 0 aliphatic carbocycles. The van der Waals surface area contributed by atoms with Crippen molar-refractivity contribution in [3.63, 3.8) is 0 Å². The predicted octanol–water partition coefficient (Wildman–Crippen LogP) is 1.56. The molecule has 0 radical (unpaired) electrons. The van der Waals surface area contributed by atoms with Crippen LogP contribution in [0.3, 0.4) is 0 Å². The smallest absolute Gasteiger partial charge is 0.134 e. The summed E-state index contributed by atoms with van der Waals surface area (Å²) in [6.07, 6.45) is 2.17. The third kappa shape index (κ3) is 3.90. The van der Waals surface area contributed by atoms with Gasteiger partial charge in [-0.3, -0.25) is 4.90 Å². The van der Waals surface area contributed by atoms with Crippen LogP contribution < -0.4 is 5.32 Å². The molecule has 0 aromatic carbocycles. The lowest BCUT2D eigenvalue weighted by molar-refractivity contribution is 0.135. The zero-order valence-electron chi connectivity index (χ0n) is 10.8. The van der Waals surface area contributed by atoms with E-state index in [1.807, 2.05) is 7.05 Å². The molecule has 0 aliphatic heterocycles. The Morgan fingerprint density at radius 1 is 1.41 bits per heavy atom. The van der Waals surface area contributed by atoms with E-state index in [0.29, 0.717) is 12.6 Å². The first-order chi connectivity index (χ1) is 8.26. The minimum atomic E-state index is 0.183. The lowest BCUT2D eigenvalue weighted by Gasteiger charge is -2.29. The molecule has 1 rings (SSSR count). The molecule has 0 spiro atoms. The Bertz CT molecular complexity index is 314. The second kappa shape index (κ2) is 7.58. The molecular weight excluding hydrogens is 236 g/mol. The molecule has 0 fully saturated rings. The monoisotopic (exact) mass is 258 g/mol. The number of rotatable bonds is 8.